The number of hydrogen-bond acceptors (Lipinski definition) is 5. The summed E-state index contributed by atoms with van der Waals surface area (Å²) in [6.45, 7) is 18.1. The van der Waals surface area contributed by atoms with Crippen molar-refractivity contribution in [1.29, 1.82) is 0 Å². The lowest BCUT2D eigenvalue weighted by atomic mass is 9.76. The fraction of sp³-hybridized carbons (Fsp3) is 0.741. The summed E-state index contributed by atoms with van der Waals surface area (Å²) in [7, 11) is -5.30. The maximum atomic E-state index is 12.8. The van der Waals surface area contributed by atoms with E-state index in [-0.39, 0.29) is 23.2 Å². The van der Waals surface area contributed by atoms with Gasteiger partial charge < -0.3 is 14.6 Å². The lowest BCUT2D eigenvalue weighted by Gasteiger charge is -2.36. The van der Waals surface area contributed by atoms with Crippen molar-refractivity contribution in [3.05, 3.63) is 35.4 Å². The van der Waals surface area contributed by atoms with Crippen LogP contribution in [-0.2, 0) is 30.9 Å². The number of aliphatic hydroxyl groups is 1. The smallest absolute Gasteiger partial charge is 0.313 e. The third-order valence-corrected chi connectivity index (χ3v) is 13.9. The summed E-state index contributed by atoms with van der Waals surface area (Å²) in [5.41, 5.74) is 0.0528. The lowest BCUT2D eigenvalue weighted by Crippen LogP contribution is -2.42. The van der Waals surface area contributed by atoms with Crippen LogP contribution >= 0.6 is 0 Å². The van der Waals surface area contributed by atoms with Crippen molar-refractivity contribution in [3.63, 3.8) is 0 Å². The maximum Gasteiger partial charge on any atom is 0.313 e. The first-order valence-corrected chi connectivity index (χ1v) is 17.3. The molecule has 0 aliphatic carbocycles. The highest BCUT2D eigenvalue weighted by Gasteiger charge is 2.38. The van der Waals surface area contributed by atoms with Crippen LogP contribution in [0.15, 0.2) is 24.3 Å². The Hall–Kier alpha value is -1.22. The van der Waals surface area contributed by atoms with Crippen LogP contribution in [0.3, 0.4) is 0 Å². The largest absolute Gasteiger partial charge is 0.481 e. The fourth-order valence-electron chi connectivity index (χ4n) is 4.06. The molecule has 0 aromatic heterocycles. The number of carboxylic acid groups (broad SMARTS) is 1. The second kappa shape index (κ2) is 11.9. The molecule has 0 heterocycles. The Morgan fingerprint density at radius 2 is 1.69 bits per heavy atom. The van der Waals surface area contributed by atoms with Gasteiger partial charge in [0.2, 0.25) is 0 Å². The van der Waals surface area contributed by atoms with Crippen LogP contribution in [0, 0.1) is 5.41 Å². The number of rotatable bonds is 14. The van der Waals surface area contributed by atoms with Gasteiger partial charge in [0.15, 0.2) is 18.2 Å². The zero-order valence-electron chi connectivity index (χ0n) is 23.3. The zero-order valence-corrected chi connectivity index (χ0v) is 25.1. The molecular weight excluding hydrogens is 480 g/mol. The van der Waals surface area contributed by atoms with Crippen molar-refractivity contribution >= 4 is 24.1 Å². The SMILES string of the molecule is C[C@@H](O)Cc1cccc([C@@](C)(CCCC(C)(C)CS(=O)(=O)CCO[Si](C)(C)C(C)(C)C)C(=O)O)c1. The molecule has 0 aliphatic rings. The molecule has 0 spiro atoms. The van der Waals surface area contributed by atoms with E-state index in [1.54, 1.807) is 13.8 Å². The summed E-state index contributed by atoms with van der Waals surface area (Å²) in [6.07, 6.45) is 1.56. The van der Waals surface area contributed by atoms with E-state index in [0.29, 0.717) is 31.2 Å². The van der Waals surface area contributed by atoms with Crippen molar-refractivity contribution in [1.82, 2.24) is 0 Å². The summed E-state index contributed by atoms with van der Waals surface area (Å²) in [5.74, 6) is -0.847. The third kappa shape index (κ3) is 9.98. The zero-order chi connectivity index (χ0) is 27.3. The van der Waals surface area contributed by atoms with E-state index in [0.717, 1.165) is 5.56 Å². The number of benzene rings is 1. The van der Waals surface area contributed by atoms with Crippen molar-refractivity contribution in [2.45, 2.75) is 104 Å². The van der Waals surface area contributed by atoms with Crippen LogP contribution < -0.4 is 0 Å². The predicted octanol–water partition coefficient (Wildman–Crippen LogP) is 5.59. The number of carbonyl (C=O) groups is 1. The molecule has 1 rings (SSSR count). The standard InChI is InChI=1S/C27H48O6SSi/c1-21(28)18-22-12-10-13-23(19-22)27(7,24(29)30)15-11-14-26(5,6)20-34(31,32)17-16-33-35(8,9)25(2,3)4/h10,12-13,19,21,28H,11,14-18,20H2,1-9H3,(H,29,30)/t21-,27-/m1/s1. The van der Waals surface area contributed by atoms with Crippen LogP contribution in [0.25, 0.3) is 0 Å². The molecule has 0 saturated carbocycles. The molecule has 6 nitrogen and oxygen atoms in total. The number of hydrogen-bond donors (Lipinski definition) is 2. The second-order valence-corrected chi connectivity index (χ2v) is 19.6. The molecule has 0 saturated heterocycles. The highest BCUT2D eigenvalue weighted by molar-refractivity contribution is 7.91. The minimum absolute atomic E-state index is 0.00581. The number of carboxylic acids is 1. The monoisotopic (exact) mass is 528 g/mol. The molecule has 2 N–H and O–H groups in total. The van der Waals surface area contributed by atoms with Crippen LogP contribution in [-0.4, -0.2) is 57.1 Å². The van der Waals surface area contributed by atoms with Gasteiger partial charge in [0.1, 0.15) is 0 Å². The van der Waals surface area contributed by atoms with Gasteiger partial charge in [-0.2, -0.15) is 0 Å². The van der Waals surface area contributed by atoms with Gasteiger partial charge >= 0.3 is 5.97 Å². The van der Waals surface area contributed by atoms with Gasteiger partial charge in [-0.1, -0.05) is 65.3 Å². The van der Waals surface area contributed by atoms with E-state index >= 15 is 0 Å². The Morgan fingerprint density at radius 3 is 2.20 bits per heavy atom. The maximum absolute atomic E-state index is 12.8. The van der Waals surface area contributed by atoms with E-state index < -0.39 is 41.1 Å². The molecule has 0 amide bonds. The van der Waals surface area contributed by atoms with Crippen LogP contribution in [0.2, 0.25) is 18.1 Å². The average Bonchev–Trinajstić information content (AvgIpc) is 2.65. The van der Waals surface area contributed by atoms with Gasteiger partial charge in [-0.05, 0) is 67.8 Å². The molecule has 0 unspecified atom stereocenters. The van der Waals surface area contributed by atoms with Gasteiger partial charge in [-0.3, -0.25) is 4.79 Å². The third-order valence-electron chi connectivity index (χ3n) is 7.37. The van der Waals surface area contributed by atoms with Crippen molar-refractivity contribution in [3.8, 4) is 0 Å². The van der Waals surface area contributed by atoms with Gasteiger partial charge in [0.05, 0.1) is 23.0 Å². The van der Waals surface area contributed by atoms with Gasteiger partial charge in [-0.15, -0.1) is 0 Å². The number of aliphatic carboxylic acids is 1. The summed E-state index contributed by atoms with van der Waals surface area (Å²) in [5, 5.41) is 19.8. The molecule has 1 aromatic rings. The minimum Gasteiger partial charge on any atom is -0.481 e. The van der Waals surface area contributed by atoms with Crippen molar-refractivity contribution in [2.75, 3.05) is 18.1 Å². The molecule has 0 fully saturated rings. The minimum atomic E-state index is -3.30. The van der Waals surface area contributed by atoms with Gasteiger partial charge in [0, 0.05) is 6.61 Å². The predicted molar refractivity (Wildman–Crippen MR) is 146 cm³/mol. The molecule has 0 aliphatic heterocycles. The highest BCUT2D eigenvalue weighted by Crippen LogP contribution is 2.37. The Labute approximate surface area is 214 Å². The Morgan fingerprint density at radius 1 is 1.09 bits per heavy atom. The second-order valence-electron chi connectivity index (χ2n) is 12.6. The molecule has 0 bridgehead atoms. The summed E-state index contributed by atoms with van der Waals surface area (Å²) >= 11 is 0. The van der Waals surface area contributed by atoms with Gasteiger partial charge in [0.25, 0.3) is 0 Å². The molecule has 1 aromatic carbocycles. The van der Waals surface area contributed by atoms with E-state index in [1.165, 1.54) is 0 Å². The Kier molecular flexibility index (Phi) is 10.8. The first-order valence-electron chi connectivity index (χ1n) is 12.6. The lowest BCUT2D eigenvalue weighted by molar-refractivity contribution is -0.143. The topological polar surface area (TPSA) is 101 Å². The summed E-state index contributed by atoms with van der Waals surface area (Å²) < 4.78 is 31.7. The molecule has 2 atom stereocenters. The van der Waals surface area contributed by atoms with Crippen LogP contribution in [0.1, 0.15) is 78.9 Å². The first kappa shape index (κ1) is 31.8. The molecule has 8 heteroatoms. The molecule has 0 radical (unpaired) electrons. The Balaban J connectivity index is 2.78. The summed E-state index contributed by atoms with van der Waals surface area (Å²) in [4.78, 5) is 12.3. The number of sulfone groups is 1. The van der Waals surface area contributed by atoms with Crippen LogP contribution in [0.4, 0.5) is 0 Å². The van der Waals surface area contributed by atoms with E-state index in [2.05, 4.69) is 33.9 Å². The molecule has 35 heavy (non-hydrogen) atoms. The highest BCUT2D eigenvalue weighted by atomic mass is 32.2. The Bertz CT molecular complexity index is 947. The van der Waals surface area contributed by atoms with E-state index in [1.807, 2.05) is 38.1 Å². The van der Waals surface area contributed by atoms with Crippen molar-refractivity contribution in [2.24, 2.45) is 5.41 Å². The molecular formula is C27H48O6SSi. The van der Waals surface area contributed by atoms with E-state index in [4.69, 9.17) is 4.43 Å². The average molecular weight is 529 g/mol. The van der Waals surface area contributed by atoms with Gasteiger partial charge in [-0.25, -0.2) is 8.42 Å². The van der Waals surface area contributed by atoms with Crippen LogP contribution in [0.5, 0.6) is 0 Å². The van der Waals surface area contributed by atoms with E-state index in [9.17, 15) is 23.4 Å². The molecule has 202 valence electrons. The summed E-state index contributed by atoms with van der Waals surface area (Å²) in [6, 6.07) is 7.40. The van der Waals surface area contributed by atoms with Crippen molar-refractivity contribution < 1.29 is 27.9 Å². The number of aliphatic hydroxyl groups excluding tert-OH is 1. The normalized spacial score (nSPS) is 16.1. The first-order chi connectivity index (χ1) is 15.7. The quantitative estimate of drug-likeness (QED) is 0.306. The fourth-order valence-corrected chi connectivity index (χ4v) is 7.07.